The number of aromatic nitrogens is 2. The molecule has 22 heavy (non-hydrogen) atoms. The van der Waals surface area contributed by atoms with Crippen molar-refractivity contribution in [1.82, 2.24) is 15.1 Å². The summed E-state index contributed by atoms with van der Waals surface area (Å²) in [5, 5.41) is 5.63. The van der Waals surface area contributed by atoms with Gasteiger partial charge in [0, 0.05) is 6.61 Å². The molecule has 1 aliphatic heterocycles. The monoisotopic (exact) mass is 339 g/mol. The maximum atomic E-state index is 12.7. The molecule has 1 saturated heterocycles. The Balaban J connectivity index is 2.02. The van der Waals surface area contributed by atoms with Gasteiger partial charge in [0.1, 0.15) is 6.54 Å². The van der Waals surface area contributed by atoms with Crippen LogP contribution in [0.4, 0.5) is 13.2 Å². The molecule has 9 heteroatoms. The summed E-state index contributed by atoms with van der Waals surface area (Å²) in [6.07, 6.45) is -2.91. The summed E-state index contributed by atoms with van der Waals surface area (Å²) in [4.78, 5) is 12.0. The molecule has 0 unspecified atom stereocenters. The molecule has 2 rings (SSSR count). The predicted octanol–water partition coefficient (Wildman–Crippen LogP) is 2.55. The van der Waals surface area contributed by atoms with Gasteiger partial charge in [-0.25, -0.2) is 0 Å². The number of rotatable bonds is 4. The average molecular weight is 340 g/mol. The Morgan fingerprint density at radius 1 is 1.59 bits per heavy atom. The molecule has 1 aromatic rings. The van der Waals surface area contributed by atoms with Crippen molar-refractivity contribution in [3.05, 3.63) is 16.4 Å². The summed E-state index contributed by atoms with van der Waals surface area (Å²) in [6, 6.07) is -0.205. The highest BCUT2D eigenvalue weighted by Gasteiger charge is 2.38. The van der Waals surface area contributed by atoms with Gasteiger partial charge in [0.2, 0.25) is 5.91 Å². The molecule has 1 aliphatic rings. The van der Waals surface area contributed by atoms with Crippen LogP contribution in [0.5, 0.6) is 0 Å². The third-order valence-electron chi connectivity index (χ3n) is 3.61. The summed E-state index contributed by atoms with van der Waals surface area (Å²) in [5.74, 6) is -0.431. The van der Waals surface area contributed by atoms with E-state index in [9.17, 15) is 18.0 Å². The molecule has 1 fully saturated rings. The zero-order valence-electron chi connectivity index (χ0n) is 12.2. The molecule has 0 aliphatic carbocycles. The molecule has 0 bridgehead atoms. The first-order valence-corrected chi connectivity index (χ1v) is 7.29. The Morgan fingerprint density at radius 2 is 2.27 bits per heavy atom. The van der Waals surface area contributed by atoms with Crippen LogP contribution in [0.25, 0.3) is 0 Å². The van der Waals surface area contributed by atoms with Gasteiger partial charge in [0.25, 0.3) is 0 Å². The molecule has 1 aromatic heterocycles. The largest absolute Gasteiger partial charge is 0.436 e. The van der Waals surface area contributed by atoms with Crippen molar-refractivity contribution in [3.8, 4) is 0 Å². The van der Waals surface area contributed by atoms with Gasteiger partial charge in [-0.05, 0) is 26.7 Å². The van der Waals surface area contributed by atoms with E-state index in [2.05, 4.69) is 10.4 Å². The van der Waals surface area contributed by atoms with Crippen molar-refractivity contribution in [2.24, 2.45) is 0 Å². The summed E-state index contributed by atoms with van der Waals surface area (Å²) in [6.45, 7) is 3.53. The van der Waals surface area contributed by atoms with Crippen LogP contribution in [0.1, 0.15) is 31.2 Å². The van der Waals surface area contributed by atoms with Gasteiger partial charge in [-0.2, -0.15) is 18.3 Å². The van der Waals surface area contributed by atoms with Gasteiger partial charge in [-0.3, -0.25) is 9.48 Å². The van der Waals surface area contributed by atoms with Gasteiger partial charge in [-0.1, -0.05) is 11.6 Å². The number of amides is 1. The normalized spacial score (nSPS) is 20.2. The highest BCUT2D eigenvalue weighted by molar-refractivity contribution is 6.32. The summed E-state index contributed by atoms with van der Waals surface area (Å²) < 4.78 is 44.6. The second-order valence-electron chi connectivity index (χ2n) is 5.31. The molecule has 0 saturated carbocycles. The van der Waals surface area contributed by atoms with Crippen LogP contribution in [0.15, 0.2) is 0 Å². The van der Waals surface area contributed by atoms with Gasteiger partial charge < -0.3 is 10.1 Å². The minimum Gasteiger partial charge on any atom is -0.376 e. The summed E-state index contributed by atoms with van der Waals surface area (Å²) >= 11 is 5.64. The van der Waals surface area contributed by atoms with Crippen LogP contribution in [0.2, 0.25) is 5.02 Å². The fraction of sp³-hybridized carbons (Fsp3) is 0.692. The number of hydrogen-bond acceptors (Lipinski definition) is 3. The van der Waals surface area contributed by atoms with E-state index in [0.29, 0.717) is 6.61 Å². The zero-order chi connectivity index (χ0) is 16.5. The lowest BCUT2D eigenvalue weighted by Crippen LogP contribution is -2.42. The molecule has 5 nitrogen and oxygen atoms in total. The zero-order valence-corrected chi connectivity index (χ0v) is 13.0. The lowest BCUT2D eigenvalue weighted by molar-refractivity contribution is -0.141. The van der Waals surface area contributed by atoms with E-state index in [-0.39, 0.29) is 24.4 Å². The molecule has 0 radical (unpaired) electrons. The van der Waals surface area contributed by atoms with Crippen molar-refractivity contribution >= 4 is 17.5 Å². The topological polar surface area (TPSA) is 56.2 Å². The van der Waals surface area contributed by atoms with Crippen molar-refractivity contribution in [2.45, 2.75) is 51.6 Å². The van der Waals surface area contributed by atoms with Crippen LogP contribution >= 0.6 is 11.6 Å². The fourth-order valence-corrected chi connectivity index (χ4v) is 2.63. The SMILES string of the molecule is Cc1c(Cl)c(C(F)(F)F)nn1CC(=O)N[C@H](C)[C@@H]1CCCO1. The molecular weight excluding hydrogens is 323 g/mol. The van der Waals surface area contributed by atoms with Crippen molar-refractivity contribution in [1.29, 1.82) is 0 Å². The van der Waals surface area contributed by atoms with Crippen LogP contribution < -0.4 is 5.32 Å². The Hall–Kier alpha value is -1.28. The Kier molecular flexibility index (Phi) is 5.01. The van der Waals surface area contributed by atoms with Crippen LogP contribution in [0.3, 0.4) is 0 Å². The number of alkyl halides is 3. The number of carbonyl (C=O) groups excluding carboxylic acids is 1. The van der Waals surface area contributed by atoms with Crippen LogP contribution in [-0.4, -0.2) is 34.4 Å². The maximum Gasteiger partial charge on any atom is 0.436 e. The molecule has 0 spiro atoms. The van der Waals surface area contributed by atoms with E-state index < -0.39 is 22.8 Å². The van der Waals surface area contributed by atoms with Crippen LogP contribution in [-0.2, 0) is 22.3 Å². The smallest absolute Gasteiger partial charge is 0.376 e. The molecule has 2 atom stereocenters. The Bertz CT molecular complexity index is 553. The summed E-state index contributed by atoms with van der Waals surface area (Å²) in [7, 11) is 0. The van der Waals surface area contributed by atoms with E-state index in [1.807, 2.05) is 0 Å². The summed E-state index contributed by atoms with van der Waals surface area (Å²) in [5.41, 5.74) is -1.07. The number of nitrogens with zero attached hydrogens (tertiary/aromatic N) is 2. The molecule has 0 aromatic carbocycles. The van der Waals surface area contributed by atoms with Crippen molar-refractivity contribution in [3.63, 3.8) is 0 Å². The van der Waals surface area contributed by atoms with E-state index in [1.54, 1.807) is 6.92 Å². The van der Waals surface area contributed by atoms with Gasteiger partial charge in [-0.15, -0.1) is 0 Å². The number of carbonyl (C=O) groups is 1. The average Bonchev–Trinajstić information content (AvgIpc) is 3.02. The number of ether oxygens (including phenoxy) is 1. The minimum atomic E-state index is -4.64. The Labute approximate surface area is 130 Å². The van der Waals surface area contributed by atoms with Gasteiger partial charge in [0.15, 0.2) is 5.69 Å². The number of hydrogen-bond donors (Lipinski definition) is 1. The van der Waals surface area contributed by atoms with Crippen molar-refractivity contribution in [2.75, 3.05) is 6.61 Å². The lowest BCUT2D eigenvalue weighted by Gasteiger charge is -2.20. The maximum absolute atomic E-state index is 12.7. The highest BCUT2D eigenvalue weighted by Crippen LogP contribution is 2.35. The highest BCUT2D eigenvalue weighted by atomic mass is 35.5. The molecular formula is C13H17ClF3N3O2. The Morgan fingerprint density at radius 3 is 2.77 bits per heavy atom. The van der Waals surface area contributed by atoms with Crippen molar-refractivity contribution < 1.29 is 22.7 Å². The van der Waals surface area contributed by atoms with E-state index >= 15 is 0 Å². The third-order valence-corrected chi connectivity index (χ3v) is 4.06. The van der Waals surface area contributed by atoms with E-state index in [4.69, 9.17) is 16.3 Å². The van der Waals surface area contributed by atoms with Gasteiger partial charge >= 0.3 is 6.18 Å². The molecule has 2 heterocycles. The third kappa shape index (κ3) is 3.73. The second-order valence-corrected chi connectivity index (χ2v) is 5.69. The quantitative estimate of drug-likeness (QED) is 0.917. The molecule has 1 amide bonds. The minimum absolute atomic E-state index is 0.0583. The first-order chi connectivity index (χ1) is 10.2. The molecule has 124 valence electrons. The van der Waals surface area contributed by atoms with Gasteiger partial charge in [0.05, 0.1) is 22.9 Å². The fourth-order valence-electron chi connectivity index (χ4n) is 2.38. The first kappa shape index (κ1) is 17.1. The first-order valence-electron chi connectivity index (χ1n) is 6.91. The number of nitrogens with one attached hydrogen (secondary N) is 1. The molecule has 1 N–H and O–H groups in total. The second kappa shape index (κ2) is 6.45. The van der Waals surface area contributed by atoms with Crippen LogP contribution in [0, 0.1) is 6.92 Å². The van der Waals surface area contributed by atoms with E-state index in [1.165, 1.54) is 6.92 Å². The predicted molar refractivity (Wildman–Crippen MR) is 73.6 cm³/mol. The van der Waals surface area contributed by atoms with E-state index in [0.717, 1.165) is 17.5 Å². The number of halogens is 4. The lowest BCUT2D eigenvalue weighted by atomic mass is 10.1. The standard InChI is InChI=1S/C13H17ClF3N3O2/c1-7(9-4-3-5-22-9)18-10(21)6-20-8(2)11(14)12(19-20)13(15,16)17/h7,9H,3-6H2,1-2H3,(H,18,21)/t7-,9+/m1/s1.